The van der Waals surface area contributed by atoms with Gasteiger partial charge in [-0.2, -0.15) is 0 Å². The molecule has 0 aliphatic rings. The topological polar surface area (TPSA) is 57.5 Å². The summed E-state index contributed by atoms with van der Waals surface area (Å²) >= 11 is 0. The van der Waals surface area contributed by atoms with Crippen LogP contribution in [0.2, 0.25) is 0 Å². The van der Waals surface area contributed by atoms with Crippen molar-refractivity contribution in [3.8, 4) is 0 Å². The van der Waals surface area contributed by atoms with Crippen LogP contribution in [0.15, 0.2) is 0 Å². The minimum absolute atomic E-state index is 0. The van der Waals surface area contributed by atoms with Gasteiger partial charge >= 0.3 is 6.16 Å². The summed E-state index contributed by atoms with van der Waals surface area (Å²) in [7, 11) is 0. The van der Waals surface area contributed by atoms with Gasteiger partial charge in [0.2, 0.25) is 0 Å². The van der Waals surface area contributed by atoms with Gasteiger partial charge in [-0.15, -0.1) is 0 Å². The van der Waals surface area contributed by atoms with Gasteiger partial charge in [-0.05, 0) is 0 Å². The summed E-state index contributed by atoms with van der Waals surface area (Å²) in [6, 6.07) is 0. The largest absolute Gasteiger partial charge is 0.503 e. The Balaban J connectivity index is -0.0000000450. The molecule has 6 heavy (non-hydrogen) atoms. The molecule has 0 unspecified atom stereocenters. The zero-order valence-corrected chi connectivity index (χ0v) is 9.03. The molecule has 0 rings (SSSR count). The van der Waals surface area contributed by atoms with Gasteiger partial charge in [0.25, 0.3) is 0 Å². The fourth-order valence-electron chi connectivity index (χ4n) is 0. The zero-order valence-electron chi connectivity index (χ0n) is 2.79. The predicted molar refractivity (Wildman–Crippen MR) is 10.7 cm³/mol. The van der Waals surface area contributed by atoms with E-state index in [0.717, 1.165) is 0 Å². The van der Waals surface area contributed by atoms with Gasteiger partial charge in [0.15, 0.2) is 0 Å². The molecule has 0 fully saturated rings. The van der Waals surface area contributed by atoms with E-state index in [4.69, 9.17) is 15.0 Å². The molecular formula is CH2LaO3Sm. The smallest absolute Gasteiger partial charge is 0.450 e. The molecule has 0 saturated carbocycles. The fraction of sp³-hybridized carbons (Fsp3) is 0. The fourth-order valence-corrected chi connectivity index (χ4v) is 0. The Kier molecular flexibility index (Phi) is 25.9. The maximum Gasteiger partial charge on any atom is 0.503 e. The SMILES string of the molecule is O=C(O)O.[La].[Sm]. The standard InChI is InChI=1S/CH2O3.La.Sm/c2-1(3)4;;/h(H2,2,3,4);;. The van der Waals surface area contributed by atoms with E-state index < -0.39 is 6.16 Å². The van der Waals surface area contributed by atoms with Crippen molar-refractivity contribution in [2.75, 3.05) is 0 Å². The number of rotatable bonds is 0. The van der Waals surface area contributed by atoms with E-state index >= 15 is 0 Å². The summed E-state index contributed by atoms with van der Waals surface area (Å²) in [4.78, 5) is 8.56. The van der Waals surface area contributed by atoms with E-state index in [1.807, 2.05) is 0 Å². The van der Waals surface area contributed by atoms with E-state index in [2.05, 4.69) is 0 Å². The first kappa shape index (κ1) is 15.7. The molecule has 0 atom stereocenters. The van der Waals surface area contributed by atoms with Crippen molar-refractivity contribution in [2.24, 2.45) is 0 Å². The molecule has 0 saturated heterocycles. The van der Waals surface area contributed by atoms with E-state index in [9.17, 15) is 0 Å². The van der Waals surface area contributed by atoms with Crippen molar-refractivity contribution in [3.05, 3.63) is 0 Å². The Morgan fingerprint density at radius 3 is 1.33 bits per heavy atom. The van der Waals surface area contributed by atoms with Gasteiger partial charge in [0.1, 0.15) is 0 Å². The van der Waals surface area contributed by atoms with Crippen LogP contribution in [0.5, 0.6) is 0 Å². The summed E-state index contributed by atoms with van der Waals surface area (Å²) in [6.45, 7) is 0. The van der Waals surface area contributed by atoms with Crippen LogP contribution in [-0.4, -0.2) is 16.4 Å². The monoisotopic (exact) mass is 353 g/mol. The molecule has 0 spiro atoms. The van der Waals surface area contributed by atoms with Crippen LogP contribution < -0.4 is 0 Å². The first-order valence-corrected chi connectivity index (χ1v) is 0.651. The molecule has 0 aliphatic heterocycles. The Morgan fingerprint density at radius 1 is 1.33 bits per heavy atom. The van der Waals surface area contributed by atoms with Crippen LogP contribution in [0.25, 0.3) is 0 Å². The van der Waals surface area contributed by atoms with Crippen LogP contribution >= 0.6 is 0 Å². The van der Waals surface area contributed by atoms with Crippen molar-refractivity contribution in [3.63, 3.8) is 0 Å². The van der Waals surface area contributed by atoms with Gasteiger partial charge in [-0.1, -0.05) is 0 Å². The molecule has 0 bridgehead atoms. The van der Waals surface area contributed by atoms with Crippen LogP contribution in [0.1, 0.15) is 0 Å². The summed E-state index contributed by atoms with van der Waals surface area (Å²) in [5.41, 5.74) is 0. The summed E-state index contributed by atoms with van der Waals surface area (Å²) in [5, 5.41) is 13.9. The predicted octanol–water partition coefficient (Wildman–Crippen LogP) is 0.222. The van der Waals surface area contributed by atoms with E-state index in [1.165, 1.54) is 0 Å². The van der Waals surface area contributed by atoms with Crippen LogP contribution in [0.3, 0.4) is 0 Å². The molecule has 0 aromatic rings. The molecule has 0 aromatic carbocycles. The van der Waals surface area contributed by atoms with E-state index in [1.54, 1.807) is 0 Å². The van der Waals surface area contributed by atoms with E-state index in [-0.39, 0.29) is 76.0 Å². The van der Waals surface area contributed by atoms with Crippen molar-refractivity contribution in [1.82, 2.24) is 0 Å². The molecule has 0 aromatic heterocycles. The normalized spacial score (nSPS) is 4.00. The minimum atomic E-state index is -1.83. The molecule has 0 heterocycles. The molecule has 3 nitrogen and oxygen atoms in total. The Labute approximate surface area is 95.2 Å². The van der Waals surface area contributed by atoms with Gasteiger partial charge in [0, 0.05) is 76.0 Å². The zero-order chi connectivity index (χ0) is 3.58. The number of carboxylic acid groups (broad SMARTS) is 2. The summed E-state index contributed by atoms with van der Waals surface area (Å²) < 4.78 is 0. The van der Waals surface area contributed by atoms with Crippen molar-refractivity contribution >= 4 is 6.16 Å². The molecular weight excluding hydrogens is 349 g/mol. The van der Waals surface area contributed by atoms with Gasteiger partial charge < -0.3 is 10.2 Å². The second-order valence-electron chi connectivity index (χ2n) is 0.283. The van der Waals surface area contributed by atoms with Crippen molar-refractivity contribution in [2.45, 2.75) is 0 Å². The van der Waals surface area contributed by atoms with Gasteiger partial charge in [0.05, 0.1) is 0 Å². The average molecular weight is 351 g/mol. The number of hydrogen-bond donors (Lipinski definition) is 2. The van der Waals surface area contributed by atoms with E-state index in [0.29, 0.717) is 0 Å². The van der Waals surface area contributed by atoms with Crippen LogP contribution in [-0.2, 0) is 0 Å². The third kappa shape index (κ3) is 41.2. The first-order chi connectivity index (χ1) is 1.73. The third-order valence-electron chi connectivity index (χ3n) is 0. The van der Waals surface area contributed by atoms with Gasteiger partial charge in [-0.3, -0.25) is 0 Å². The van der Waals surface area contributed by atoms with Crippen molar-refractivity contribution in [1.29, 1.82) is 0 Å². The molecule has 1 radical (unpaired) electrons. The number of carbonyl (C=O) groups is 1. The Morgan fingerprint density at radius 2 is 1.33 bits per heavy atom. The first-order valence-electron chi connectivity index (χ1n) is 0.651. The van der Waals surface area contributed by atoms with Crippen LogP contribution in [0.4, 0.5) is 4.79 Å². The Bertz CT molecular complexity index is 33.8. The molecule has 5 heteroatoms. The molecule has 0 amide bonds. The molecule has 33 valence electrons. The second kappa shape index (κ2) is 9.93. The average Bonchev–Trinajstić information content (AvgIpc) is 0.811. The maximum atomic E-state index is 8.56. The third-order valence-corrected chi connectivity index (χ3v) is 0. The number of hydrogen-bond acceptors (Lipinski definition) is 1. The Hall–Kier alpha value is 1.80. The van der Waals surface area contributed by atoms with Crippen LogP contribution in [0, 0.1) is 76.0 Å². The molecule has 2 N–H and O–H groups in total. The minimum Gasteiger partial charge on any atom is -0.450 e. The quantitative estimate of drug-likeness (QED) is 0.657. The molecule has 0 aliphatic carbocycles. The van der Waals surface area contributed by atoms with Gasteiger partial charge in [-0.25, -0.2) is 4.79 Å². The van der Waals surface area contributed by atoms with Crippen molar-refractivity contribution < 1.29 is 91.0 Å². The summed E-state index contributed by atoms with van der Waals surface area (Å²) in [6.07, 6.45) is -1.83. The second-order valence-corrected chi connectivity index (χ2v) is 0.283. The summed E-state index contributed by atoms with van der Waals surface area (Å²) in [5.74, 6) is 0. The maximum absolute atomic E-state index is 8.56.